The number of carbonyl (C=O) groups is 1. The summed E-state index contributed by atoms with van der Waals surface area (Å²) in [5.74, 6) is 0.232. The van der Waals surface area contributed by atoms with Gasteiger partial charge in [0.05, 0.1) is 11.5 Å². The maximum Gasteiger partial charge on any atom is 0.322 e. The van der Waals surface area contributed by atoms with Crippen LogP contribution in [0.2, 0.25) is 0 Å². The summed E-state index contributed by atoms with van der Waals surface area (Å²) in [5, 5.41) is 2.89. The van der Waals surface area contributed by atoms with Crippen LogP contribution in [0.25, 0.3) is 0 Å². The number of nitrogens with one attached hydrogen (secondary N) is 1. The van der Waals surface area contributed by atoms with E-state index in [-0.39, 0.29) is 23.6 Å². The number of benzene rings is 1. The maximum absolute atomic E-state index is 12.7. The first-order valence-electron chi connectivity index (χ1n) is 8.26. The summed E-state index contributed by atoms with van der Waals surface area (Å²) in [5.41, 5.74) is 1.85. The van der Waals surface area contributed by atoms with E-state index in [1.807, 2.05) is 45.3 Å². The predicted molar refractivity (Wildman–Crippen MR) is 97.1 cm³/mol. The van der Waals surface area contributed by atoms with Gasteiger partial charge in [-0.1, -0.05) is 17.7 Å². The molecule has 7 heteroatoms. The van der Waals surface area contributed by atoms with E-state index >= 15 is 0 Å². The number of anilines is 1. The normalized spacial score (nSPS) is 19.4. The summed E-state index contributed by atoms with van der Waals surface area (Å²) >= 11 is 0. The van der Waals surface area contributed by atoms with E-state index in [0.29, 0.717) is 13.0 Å². The van der Waals surface area contributed by atoms with Crippen LogP contribution in [0.15, 0.2) is 24.3 Å². The molecule has 1 aliphatic rings. The number of urea groups is 1. The topological polar surface area (TPSA) is 69.7 Å². The Kier molecular flexibility index (Phi) is 6.23. The number of hydrogen-bond acceptors (Lipinski definition) is 4. The van der Waals surface area contributed by atoms with Crippen LogP contribution in [-0.4, -0.2) is 69.0 Å². The molecule has 1 saturated heterocycles. The van der Waals surface area contributed by atoms with E-state index in [1.54, 1.807) is 4.90 Å². The number of aryl methyl sites for hydroxylation is 1. The van der Waals surface area contributed by atoms with Crippen molar-refractivity contribution < 1.29 is 13.2 Å². The fourth-order valence-corrected chi connectivity index (χ4v) is 4.59. The highest BCUT2D eigenvalue weighted by molar-refractivity contribution is 7.91. The Morgan fingerprint density at radius 3 is 2.42 bits per heavy atom. The van der Waals surface area contributed by atoms with Crippen molar-refractivity contribution in [3.8, 4) is 0 Å². The molecule has 0 saturated carbocycles. The second-order valence-corrected chi connectivity index (χ2v) is 8.93. The monoisotopic (exact) mass is 353 g/mol. The van der Waals surface area contributed by atoms with Crippen molar-refractivity contribution in [2.24, 2.45) is 0 Å². The van der Waals surface area contributed by atoms with Crippen molar-refractivity contribution in [1.82, 2.24) is 9.80 Å². The SMILES string of the molecule is Cc1ccc(NC(=O)N(CCCN(C)C)[C@H]2CCS(=O)(=O)C2)cc1. The lowest BCUT2D eigenvalue weighted by atomic mass is 10.2. The zero-order valence-electron chi connectivity index (χ0n) is 14.7. The minimum absolute atomic E-state index is 0.0658. The molecule has 0 spiro atoms. The smallest absolute Gasteiger partial charge is 0.320 e. The third-order valence-electron chi connectivity index (χ3n) is 4.22. The van der Waals surface area contributed by atoms with Crippen LogP contribution in [-0.2, 0) is 9.84 Å². The third kappa shape index (κ3) is 5.49. The van der Waals surface area contributed by atoms with Crippen LogP contribution < -0.4 is 5.32 Å². The highest BCUT2D eigenvalue weighted by atomic mass is 32.2. The van der Waals surface area contributed by atoms with Crippen molar-refractivity contribution in [1.29, 1.82) is 0 Å². The third-order valence-corrected chi connectivity index (χ3v) is 5.97. The molecule has 1 N–H and O–H groups in total. The largest absolute Gasteiger partial charge is 0.322 e. The molecular weight excluding hydrogens is 326 g/mol. The van der Waals surface area contributed by atoms with Gasteiger partial charge in [-0.2, -0.15) is 0 Å². The number of amides is 2. The Bertz CT molecular complexity index is 656. The average Bonchev–Trinajstić information content (AvgIpc) is 2.85. The summed E-state index contributed by atoms with van der Waals surface area (Å²) in [6.45, 7) is 3.40. The fourth-order valence-electron chi connectivity index (χ4n) is 2.86. The second kappa shape index (κ2) is 7.98. The maximum atomic E-state index is 12.7. The van der Waals surface area contributed by atoms with Gasteiger partial charge in [0.1, 0.15) is 0 Å². The number of carbonyl (C=O) groups excluding carboxylic acids is 1. The van der Waals surface area contributed by atoms with Gasteiger partial charge < -0.3 is 15.1 Å². The Morgan fingerprint density at radius 2 is 1.88 bits per heavy atom. The first kappa shape index (κ1) is 18.7. The van der Waals surface area contributed by atoms with Crippen LogP contribution in [0, 0.1) is 6.92 Å². The molecule has 2 amide bonds. The summed E-state index contributed by atoms with van der Waals surface area (Å²) in [7, 11) is 0.940. The van der Waals surface area contributed by atoms with Crippen LogP contribution in [0.3, 0.4) is 0 Å². The lowest BCUT2D eigenvalue weighted by molar-refractivity contribution is 0.190. The highest BCUT2D eigenvalue weighted by Gasteiger charge is 2.34. The minimum Gasteiger partial charge on any atom is -0.320 e. The van der Waals surface area contributed by atoms with Gasteiger partial charge in [-0.05, 0) is 52.5 Å². The summed E-state index contributed by atoms with van der Waals surface area (Å²) in [4.78, 5) is 16.4. The number of hydrogen-bond donors (Lipinski definition) is 1. The molecule has 1 heterocycles. The van der Waals surface area contributed by atoms with Crippen LogP contribution in [0.4, 0.5) is 10.5 Å². The van der Waals surface area contributed by atoms with Gasteiger partial charge in [-0.3, -0.25) is 0 Å². The quantitative estimate of drug-likeness (QED) is 0.849. The molecule has 2 rings (SSSR count). The van der Waals surface area contributed by atoms with Crippen molar-refractivity contribution in [2.75, 3.05) is 44.0 Å². The summed E-state index contributed by atoms with van der Waals surface area (Å²) < 4.78 is 23.6. The zero-order valence-corrected chi connectivity index (χ0v) is 15.5. The molecule has 134 valence electrons. The van der Waals surface area contributed by atoms with Crippen LogP contribution in [0.1, 0.15) is 18.4 Å². The Balaban J connectivity index is 2.05. The van der Waals surface area contributed by atoms with Crippen LogP contribution >= 0.6 is 0 Å². The van der Waals surface area contributed by atoms with Crippen molar-refractivity contribution in [3.63, 3.8) is 0 Å². The lowest BCUT2D eigenvalue weighted by Gasteiger charge is -2.29. The van der Waals surface area contributed by atoms with Crippen molar-refractivity contribution >= 4 is 21.6 Å². The Labute approximate surface area is 144 Å². The van der Waals surface area contributed by atoms with E-state index in [1.165, 1.54) is 0 Å². The van der Waals surface area contributed by atoms with E-state index in [0.717, 1.165) is 24.2 Å². The Morgan fingerprint density at radius 1 is 1.21 bits per heavy atom. The molecule has 0 aliphatic carbocycles. The molecule has 0 unspecified atom stereocenters. The molecule has 24 heavy (non-hydrogen) atoms. The highest BCUT2D eigenvalue weighted by Crippen LogP contribution is 2.20. The van der Waals surface area contributed by atoms with Gasteiger partial charge in [0.15, 0.2) is 9.84 Å². The molecule has 0 radical (unpaired) electrons. The van der Waals surface area contributed by atoms with E-state index in [9.17, 15) is 13.2 Å². The van der Waals surface area contributed by atoms with Gasteiger partial charge >= 0.3 is 6.03 Å². The van der Waals surface area contributed by atoms with Gasteiger partial charge in [0.2, 0.25) is 0 Å². The van der Waals surface area contributed by atoms with Gasteiger partial charge in [-0.15, -0.1) is 0 Å². The molecule has 1 atom stereocenters. The predicted octanol–water partition coefficient (Wildman–Crippen LogP) is 1.97. The van der Waals surface area contributed by atoms with Gasteiger partial charge in [-0.25, -0.2) is 13.2 Å². The van der Waals surface area contributed by atoms with Crippen molar-refractivity contribution in [3.05, 3.63) is 29.8 Å². The molecule has 1 fully saturated rings. The zero-order chi connectivity index (χ0) is 17.7. The summed E-state index contributed by atoms with van der Waals surface area (Å²) in [6.07, 6.45) is 1.33. The van der Waals surface area contributed by atoms with Gasteiger partial charge in [0.25, 0.3) is 0 Å². The molecule has 1 aromatic carbocycles. The standard InChI is InChI=1S/C17H27N3O3S/c1-14-5-7-15(8-6-14)18-17(21)20(11-4-10-19(2)3)16-9-12-24(22,23)13-16/h5-8,16H,4,9-13H2,1-3H3,(H,18,21)/t16-/m0/s1. The van der Waals surface area contributed by atoms with E-state index in [2.05, 4.69) is 10.2 Å². The van der Waals surface area contributed by atoms with E-state index in [4.69, 9.17) is 0 Å². The minimum atomic E-state index is -3.03. The molecular formula is C17H27N3O3S. The fraction of sp³-hybridized carbons (Fsp3) is 0.588. The number of nitrogens with zero attached hydrogens (tertiary/aromatic N) is 2. The molecule has 0 aromatic heterocycles. The second-order valence-electron chi connectivity index (χ2n) is 6.70. The van der Waals surface area contributed by atoms with Crippen molar-refractivity contribution in [2.45, 2.75) is 25.8 Å². The van der Waals surface area contributed by atoms with Crippen LogP contribution in [0.5, 0.6) is 0 Å². The Hall–Kier alpha value is -1.60. The molecule has 6 nitrogen and oxygen atoms in total. The van der Waals surface area contributed by atoms with Gasteiger partial charge in [0, 0.05) is 18.3 Å². The molecule has 0 bridgehead atoms. The lowest BCUT2D eigenvalue weighted by Crippen LogP contribution is -2.44. The first-order chi connectivity index (χ1) is 11.3. The summed E-state index contributed by atoms with van der Waals surface area (Å²) in [6, 6.07) is 7.13. The average molecular weight is 353 g/mol. The number of rotatable bonds is 6. The molecule has 1 aliphatic heterocycles. The van der Waals surface area contributed by atoms with E-state index < -0.39 is 9.84 Å². The first-order valence-corrected chi connectivity index (χ1v) is 10.1. The number of sulfone groups is 1. The molecule has 1 aromatic rings.